The second-order valence-corrected chi connectivity index (χ2v) is 7.71. The van der Waals surface area contributed by atoms with E-state index in [0.29, 0.717) is 11.4 Å². The fraction of sp³-hybridized carbons (Fsp3) is 0.0833. The van der Waals surface area contributed by atoms with E-state index in [2.05, 4.69) is 10.4 Å². The number of benzene rings is 3. The number of carbonyl (C=O) groups excluding carboxylic acids is 1. The molecule has 1 aromatic heterocycles. The number of anilines is 2. The van der Waals surface area contributed by atoms with Gasteiger partial charge in [-0.25, -0.2) is 4.68 Å². The number of amides is 1. The summed E-state index contributed by atoms with van der Waals surface area (Å²) in [5.41, 5.74) is 9.98. The van der Waals surface area contributed by atoms with Crippen LogP contribution in [0.25, 0.3) is 16.9 Å². The number of aromatic nitrogens is 2. The predicted octanol–water partition coefficient (Wildman–Crippen LogP) is 5.10. The van der Waals surface area contributed by atoms with E-state index in [1.165, 1.54) is 0 Å². The summed E-state index contributed by atoms with van der Waals surface area (Å²) in [5.74, 6) is 1.12. The van der Waals surface area contributed by atoms with Crippen LogP contribution in [0.3, 0.4) is 0 Å². The van der Waals surface area contributed by atoms with Gasteiger partial charge in [-0.15, -0.1) is 11.8 Å². The molecule has 0 atom stereocenters. The molecule has 0 unspecified atom stereocenters. The van der Waals surface area contributed by atoms with Crippen LogP contribution in [-0.2, 0) is 0 Å². The van der Waals surface area contributed by atoms with Gasteiger partial charge in [0.25, 0.3) is 5.91 Å². The van der Waals surface area contributed by atoms with Gasteiger partial charge in [0.2, 0.25) is 0 Å². The molecule has 0 aliphatic heterocycles. The monoisotopic (exact) mass is 430 g/mol. The summed E-state index contributed by atoms with van der Waals surface area (Å²) in [7, 11) is 1.63. The van der Waals surface area contributed by atoms with Gasteiger partial charge < -0.3 is 15.8 Å². The van der Waals surface area contributed by atoms with Gasteiger partial charge in [0, 0.05) is 27.8 Å². The number of ether oxygens (including phenoxy) is 1. The Hall–Kier alpha value is -3.71. The zero-order valence-electron chi connectivity index (χ0n) is 17.2. The number of methoxy groups -OCH3 is 1. The second kappa shape index (κ2) is 8.97. The first-order valence-electron chi connectivity index (χ1n) is 9.63. The van der Waals surface area contributed by atoms with E-state index in [-0.39, 0.29) is 5.91 Å². The van der Waals surface area contributed by atoms with Crippen LogP contribution in [-0.4, -0.2) is 29.1 Å². The number of carbonyl (C=O) groups is 1. The van der Waals surface area contributed by atoms with Crippen molar-refractivity contribution in [1.82, 2.24) is 9.78 Å². The van der Waals surface area contributed by atoms with Gasteiger partial charge in [-0.05, 0) is 73.0 Å². The van der Waals surface area contributed by atoms with Crippen LogP contribution in [0.5, 0.6) is 5.75 Å². The van der Waals surface area contributed by atoms with E-state index in [0.717, 1.165) is 33.3 Å². The van der Waals surface area contributed by atoms with E-state index in [1.54, 1.807) is 35.7 Å². The highest BCUT2D eigenvalue weighted by Crippen LogP contribution is 2.25. The van der Waals surface area contributed by atoms with Gasteiger partial charge in [0.15, 0.2) is 0 Å². The number of nitrogens with one attached hydrogen (secondary N) is 1. The Morgan fingerprint density at radius 3 is 2.45 bits per heavy atom. The van der Waals surface area contributed by atoms with Gasteiger partial charge in [0.05, 0.1) is 18.5 Å². The third kappa shape index (κ3) is 4.57. The Kier molecular flexibility index (Phi) is 5.95. The summed E-state index contributed by atoms with van der Waals surface area (Å²) in [6.45, 7) is 0. The van der Waals surface area contributed by atoms with Crippen LogP contribution in [0.15, 0.2) is 83.8 Å². The largest absolute Gasteiger partial charge is 0.497 e. The maximum absolute atomic E-state index is 12.6. The molecule has 0 aliphatic carbocycles. The normalized spacial score (nSPS) is 10.6. The molecule has 1 amide bonds. The molecule has 3 aromatic carbocycles. The lowest BCUT2D eigenvalue weighted by molar-refractivity contribution is 0.102. The van der Waals surface area contributed by atoms with Gasteiger partial charge >= 0.3 is 0 Å². The van der Waals surface area contributed by atoms with Crippen molar-refractivity contribution in [2.24, 2.45) is 0 Å². The zero-order chi connectivity index (χ0) is 21.8. The molecule has 0 bridgehead atoms. The lowest BCUT2D eigenvalue weighted by atomic mass is 10.1. The summed E-state index contributed by atoms with van der Waals surface area (Å²) < 4.78 is 6.85. The molecule has 7 heteroatoms. The maximum atomic E-state index is 12.6. The first-order valence-corrected chi connectivity index (χ1v) is 10.9. The molecule has 1 heterocycles. The topological polar surface area (TPSA) is 82.2 Å². The Balaban J connectivity index is 1.52. The fourth-order valence-electron chi connectivity index (χ4n) is 3.16. The molecule has 4 rings (SSSR count). The van der Waals surface area contributed by atoms with E-state index in [1.807, 2.05) is 73.0 Å². The number of thioether (sulfide) groups is 1. The average molecular weight is 431 g/mol. The molecule has 6 nitrogen and oxygen atoms in total. The summed E-state index contributed by atoms with van der Waals surface area (Å²) >= 11 is 1.63. The van der Waals surface area contributed by atoms with Crippen LogP contribution >= 0.6 is 11.8 Å². The summed E-state index contributed by atoms with van der Waals surface area (Å²) in [6.07, 6.45) is 2.00. The van der Waals surface area contributed by atoms with Crippen molar-refractivity contribution in [2.45, 2.75) is 4.90 Å². The summed E-state index contributed by atoms with van der Waals surface area (Å²) in [5, 5.41) is 7.54. The molecule has 0 fully saturated rings. The number of hydrogen-bond donors (Lipinski definition) is 2. The van der Waals surface area contributed by atoms with Crippen LogP contribution in [0.2, 0.25) is 0 Å². The van der Waals surface area contributed by atoms with Crippen molar-refractivity contribution in [3.05, 3.63) is 84.4 Å². The third-order valence-electron chi connectivity index (χ3n) is 4.82. The number of nitrogen functional groups attached to an aromatic ring is 1. The Labute approximate surface area is 185 Å². The fourth-order valence-corrected chi connectivity index (χ4v) is 3.62. The molecular weight excluding hydrogens is 408 g/mol. The van der Waals surface area contributed by atoms with Crippen molar-refractivity contribution in [1.29, 1.82) is 0 Å². The van der Waals surface area contributed by atoms with Crippen LogP contribution in [0.4, 0.5) is 11.5 Å². The lowest BCUT2D eigenvalue weighted by Gasteiger charge is -2.08. The minimum absolute atomic E-state index is 0.169. The van der Waals surface area contributed by atoms with Crippen molar-refractivity contribution >= 4 is 29.2 Å². The molecule has 0 saturated heterocycles. The van der Waals surface area contributed by atoms with Gasteiger partial charge in [-0.3, -0.25) is 4.79 Å². The Morgan fingerprint density at radius 2 is 1.77 bits per heavy atom. The van der Waals surface area contributed by atoms with Gasteiger partial charge in [-0.1, -0.05) is 6.07 Å². The quantitative estimate of drug-likeness (QED) is 0.416. The first kappa shape index (κ1) is 20.6. The summed E-state index contributed by atoms with van der Waals surface area (Å²) in [4.78, 5) is 13.7. The van der Waals surface area contributed by atoms with Crippen LogP contribution in [0.1, 0.15) is 10.4 Å². The Bertz CT molecular complexity index is 1200. The molecule has 0 spiro atoms. The third-order valence-corrected chi connectivity index (χ3v) is 5.55. The second-order valence-electron chi connectivity index (χ2n) is 6.83. The van der Waals surface area contributed by atoms with Crippen LogP contribution in [0, 0.1) is 0 Å². The molecule has 4 aromatic rings. The van der Waals surface area contributed by atoms with E-state index in [9.17, 15) is 4.79 Å². The molecule has 31 heavy (non-hydrogen) atoms. The zero-order valence-corrected chi connectivity index (χ0v) is 18.0. The molecule has 156 valence electrons. The van der Waals surface area contributed by atoms with Gasteiger partial charge in [-0.2, -0.15) is 5.10 Å². The minimum atomic E-state index is -0.169. The van der Waals surface area contributed by atoms with Crippen molar-refractivity contribution in [3.8, 4) is 22.7 Å². The number of rotatable bonds is 6. The van der Waals surface area contributed by atoms with Crippen molar-refractivity contribution < 1.29 is 9.53 Å². The van der Waals surface area contributed by atoms with E-state index < -0.39 is 0 Å². The smallest absolute Gasteiger partial charge is 0.255 e. The first-order chi connectivity index (χ1) is 15.1. The Morgan fingerprint density at radius 1 is 1.03 bits per heavy atom. The standard InChI is InChI=1S/C24H22N4O2S/c1-30-20-12-8-16(9-13-20)22-15-23(25)28(27-22)19-10-6-17(7-11-19)24(29)26-18-4-3-5-21(14-18)31-2/h3-15H,25H2,1-2H3,(H,26,29). The van der Waals surface area contributed by atoms with Crippen molar-refractivity contribution in [2.75, 3.05) is 24.4 Å². The highest BCUT2D eigenvalue weighted by Gasteiger charge is 2.11. The molecule has 0 aliphatic rings. The number of hydrogen-bond acceptors (Lipinski definition) is 5. The molecular formula is C24H22N4O2S. The highest BCUT2D eigenvalue weighted by molar-refractivity contribution is 7.98. The highest BCUT2D eigenvalue weighted by atomic mass is 32.2. The molecule has 0 saturated carbocycles. The SMILES string of the molecule is COc1ccc(-c2cc(N)n(-c3ccc(C(=O)Nc4cccc(SC)c4)cc3)n2)cc1. The minimum Gasteiger partial charge on any atom is -0.497 e. The van der Waals surface area contributed by atoms with E-state index >= 15 is 0 Å². The van der Waals surface area contributed by atoms with E-state index in [4.69, 9.17) is 10.5 Å². The summed E-state index contributed by atoms with van der Waals surface area (Å²) in [6, 6.07) is 24.4. The lowest BCUT2D eigenvalue weighted by Crippen LogP contribution is -2.12. The predicted molar refractivity (Wildman–Crippen MR) is 126 cm³/mol. The van der Waals surface area contributed by atoms with Crippen LogP contribution < -0.4 is 15.8 Å². The maximum Gasteiger partial charge on any atom is 0.255 e. The number of nitrogens with zero attached hydrogens (tertiary/aromatic N) is 2. The number of nitrogens with two attached hydrogens (primary N) is 1. The molecule has 0 radical (unpaired) electrons. The van der Waals surface area contributed by atoms with Gasteiger partial charge in [0.1, 0.15) is 11.6 Å². The molecule has 3 N–H and O–H groups in total. The average Bonchev–Trinajstić information content (AvgIpc) is 3.21. The van der Waals surface area contributed by atoms with Crippen molar-refractivity contribution in [3.63, 3.8) is 0 Å².